The quantitative estimate of drug-likeness (QED) is 0.261. The summed E-state index contributed by atoms with van der Waals surface area (Å²) in [5, 5.41) is 33.9. The normalized spacial score (nSPS) is 11.9. The lowest BCUT2D eigenvalue weighted by molar-refractivity contribution is -0.121. The van der Waals surface area contributed by atoms with Crippen molar-refractivity contribution in [2.24, 2.45) is 0 Å². The van der Waals surface area contributed by atoms with Crippen LogP contribution in [0.4, 0.5) is 0 Å². The Labute approximate surface area is 200 Å². The zero-order valence-electron chi connectivity index (χ0n) is 19.3. The molecule has 1 atom stereocenters. The highest BCUT2D eigenvalue weighted by Crippen LogP contribution is 2.37. The number of hydrogen-bond donors (Lipinski definition) is 5. The summed E-state index contributed by atoms with van der Waals surface area (Å²) in [4.78, 5) is 28.2. The lowest BCUT2D eigenvalue weighted by atomic mass is 9.91. The molecule has 0 bridgehead atoms. The van der Waals surface area contributed by atoms with Crippen molar-refractivity contribution in [2.45, 2.75) is 25.7 Å². The standard InChI is InChI=1S/C26H26N2O7/c1-14-9-22(31)25(33)26(35-14)19(15-3-6-21(30)23(10-15)34-2)12-24(32)27-8-7-16-13-28-20-5-4-17(29)11-18(16)20/h3-6,9-11,13,19,28-30,33H,7-8,12H2,1-2H3,(H,27,32)/t19-/m1/s1. The van der Waals surface area contributed by atoms with E-state index in [1.54, 1.807) is 31.2 Å². The van der Waals surface area contributed by atoms with E-state index in [1.807, 2.05) is 6.20 Å². The number of aryl methyl sites for hydroxylation is 1. The highest BCUT2D eigenvalue weighted by Gasteiger charge is 2.26. The number of phenolic OH excluding ortho intramolecular Hbond substituents is 2. The van der Waals surface area contributed by atoms with Crippen molar-refractivity contribution in [3.05, 3.63) is 81.5 Å². The number of aromatic nitrogens is 1. The molecule has 0 saturated heterocycles. The Kier molecular flexibility index (Phi) is 6.68. The number of hydrogen-bond acceptors (Lipinski definition) is 7. The van der Waals surface area contributed by atoms with Gasteiger partial charge in [0.05, 0.1) is 13.0 Å². The smallest absolute Gasteiger partial charge is 0.227 e. The number of ether oxygens (including phenoxy) is 1. The van der Waals surface area contributed by atoms with E-state index in [0.29, 0.717) is 24.3 Å². The van der Waals surface area contributed by atoms with Crippen molar-refractivity contribution in [2.75, 3.05) is 13.7 Å². The molecule has 2 aromatic carbocycles. The molecule has 2 aromatic heterocycles. The van der Waals surface area contributed by atoms with Crippen LogP contribution in [0.1, 0.15) is 35.0 Å². The molecule has 4 aromatic rings. The summed E-state index contributed by atoms with van der Waals surface area (Å²) >= 11 is 0. The van der Waals surface area contributed by atoms with Crippen molar-refractivity contribution in [3.8, 4) is 23.0 Å². The zero-order valence-corrected chi connectivity index (χ0v) is 19.3. The second-order valence-corrected chi connectivity index (χ2v) is 8.27. The van der Waals surface area contributed by atoms with E-state index in [1.165, 1.54) is 25.3 Å². The zero-order chi connectivity index (χ0) is 25.1. The summed E-state index contributed by atoms with van der Waals surface area (Å²) in [7, 11) is 1.40. The second-order valence-electron chi connectivity index (χ2n) is 8.27. The highest BCUT2D eigenvalue weighted by molar-refractivity contribution is 5.84. The van der Waals surface area contributed by atoms with Gasteiger partial charge in [0, 0.05) is 36.1 Å². The predicted molar refractivity (Wildman–Crippen MR) is 129 cm³/mol. The number of aromatic amines is 1. The van der Waals surface area contributed by atoms with E-state index in [-0.39, 0.29) is 35.3 Å². The molecule has 0 saturated carbocycles. The van der Waals surface area contributed by atoms with Crippen LogP contribution in [0, 0.1) is 6.92 Å². The van der Waals surface area contributed by atoms with Crippen LogP contribution >= 0.6 is 0 Å². The van der Waals surface area contributed by atoms with Crippen LogP contribution in [-0.4, -0.2) is 39.9 Å². The number of fused-ring (bicyclic) bond motifs is 1. The fraction of sp³-hybridized carbons (Fsp3) is 0.231. The van der Waals surface area contributed by atoms with Crippen LogP contribution in [-0.2, 0) is 11.2 Å². The molecular weight excluding hydrogens is 452 g/mol. The van der Waals surface area contributed by atoms with Gasteiger partial charge in [-0.2, -0.15) is 0 Å². The number of aromatic hydroxyl groups is 3. The number of carbonyl (C=O) groups is 1. The first-order valence-electron chi connectivity index (χ1n) is 11.0. The van der Waals surface area contributed by atoms with Gasteiger partial charge in [-0.25, -0.2) is 0 Å². The molecule has 9 heteroatoms. The van der Waals surface area contributed by atoms with E-state index < -0.39 is 17.1 Å². The number of benzene rings is 2. The topological polar surface area (TPSA) is 145 Å². The number of amides is 1. The number of carbonyl (C=O) groups excluding carboxylic acids is 1. The summed E-state index contributed by atoms with van der Waals surface area (Å²) in [6, 6.07) is 10.7. The summed E-state index contributed by atoms with van der Waals surface area (Å²) in [5.41, 5.74) is 1.74. The fourth-order valence-electron chi connectivity index (χ4n) is 4.10. The number of H-pyrrole nitrogens is 1. The molecule has 5 N–H and O–H groups in total. The number of methoxy groups -OCH3 is 1. The first kappa shape index (κ1) is 23.7. The van der Waals surface area contributed by atoms with Crippen molar-refractivity contribution in [1.29, 1.82) is 0 Å². The number of rotatable bonds is 8. The Morgan fingerprint density at radius 2 is 1.94 bits per heavy atom. The van der Waals surface area contributed by atoms with E-state index in [4.69, 9.17) is 9.15 Å². The Bertz CT molecular complexity index is 1440. The molecule has 2 heterocycles. The first-order chi connectivity index (χ1) is 16.8. The molecule has 0 unspecified atom stereocenters. The largest absolute Gasteiger partial charge is 0.508 e. The lowest BCUT2D eigenvalue weighted by Gasteiger charge is -2.19. The van der Waals surface area contributed by atoms with Crippen LogP contribution in [0.5, 0.6) is 23.0 Å². The van der Waals surface area contributed by atoms with Gasteiger partial charge in [0.2, 0.25) is 17.1 Å². The molecule has 182 valence electrons. The molecule has 0 radical (unpaired) electrons. The van der Waals surface area contributed by atoms with Gasteiger partial charge in [-0.3, -0.25) is 9.59 Å². The average Bonchev–Trinajstić information content (AvgIpc) is 3.22. The Morgan fingerprint density at radius 1 is 1.14 bits per heavy atom. The third-order valence-corrected chi connectivity index (χ3v) is 5.85. The maximum absolute atomic E-state index is 12.9. The van der Waals surface area contributed by atoms with Gasteiger partial charge >= 0.3 is 0 Å². The molecule has 4 rings (SSSR count). The maximum Gasteiger partial charge on any atom is 0.227 e. The van der Waals surface area contributed by atoms with Crippen molar-refractivity contribution in [3.63, 3.8) is 0 Å². The molecule has 0 fully saturated rings. The third kappa shape index (κ3) is 5.08. The lowest BCUT2D eigenvalue weighted by Crippen LogP contribution is -2.27. The van der Waals surface area contributed by atoms with E-state index in [0.717, 1.165) is 16.5 Å². The van der Waals surface area contributed by atoms with Gasteiger partial charge in [-0.05, 0) is 54.8 Å². The molecule has 0 aliphatic rings. The van der Waals surface area contributed by atoms with Gasteiger partial charge in [0.1, 0.15) is 11.5 Å². The molecular formula is C26H26N2O7. The van der Waals surface area contributed by atoms with Crippen LogP contribution in [0.25, 0.3) is 10.9 Å². The Hall–Kier alpha value is -4.40. The Balaban J connectivity index is 1.55. The van der Waals surface area contributed by atoms with Crippen LogP contribution < -0.4 is 15.5 Å². The van der Waals surface area contributed by atoms with Crippen molar-refractivity contribution >= 4 is 16.8 Å². The van der Waals surface area contributed by atoms with Gasteiger partial charge in [-0.1, -0.05) is 6.07 Å². The average molecular weight is 479 g/mol. The second kappa shape index (κ2) is 9.84. The first-order valence-corrected chi connectivity index (χ1v) is 11.0. The van der Waals surface area contributed by atoms with Gasteiger partial charge < -0.3 is 34.8 Å². The molecule has 0 spiro atoms. The van der Waals surface area contributed by atoms with Crippen LogP contribution in [0.2, 0.25) is 0 Å². The van der Waals surface area contributed by atoms with Crippen molar-refractivity contribution < 1.29 is 29.3 Å². The van der Waals surface area contributed by atoms with Crippen molar-refractivity contribution in [1.82, 2.24) is 10.3 Å². The fourth-order valence-corrected chi connectivity index (χ4v) is 4.10. The predicted octanol–water partition coefficient (Wildman–Crippen LogP) is 3.44. The minimum absolute atomic E-state index is 0.0370. The number of nitrogens with one attached hydrogen (secondary N) is 2. The number of phenols is 2. The molecule has 1 amide bonds. The van der Waals surface area contributed by atoms with Gasteiger partial charge in [-0.15, -0.1) is 0 Å². The molecule has 9 nitrogen and oxygen atoms in total. The van der Waals surface area contributed by atoms with Crippen LogP contribution in [0.3, 0.4) is 0 Å². The third-order valence-electron chi connectivity index (χ3n) is 5.85. The van der Waals surface area contributed by atoms with Crippen LogP contribution in [0.15, 0.2) is 57.9 Å². The SMILES string of the molecule is COc1cc([C@@H](CC(=O)NCCc2c[nH]c3ccc(O)cc23)c2oc(C)cc(=O)c2O)ccc1O. The molecule has 0 aliphatic heterocycles. The summed E-state index contributed by atoms with van der Waals surface area (Å²) in [6.07, 6.45) is 2.24. The minimum atomic E-state index is -0.804. The van der Waals surface area contributed by atoms with Gasteiger partial charge in [0.15, 0.2) is 17.3 Å². The van der Waals surface area contributed by atoms with E-state index in [2.05, 4.69) is 10.3 Å². The molecule has 35 heavy (non-hydrogen) atoms. The minimum Gasteiger partial charge on any atom is -0.508 e. The summed E-state index contributed by atoms with van der Waals surface area (Å²) in [5.74, 6) is -1.18. The summed E-state index contributed by atoms with van der Waals surface area (Å²) in [6.45, 7) is 1.91. The van der Waals surface area contributed by atoms with E-state index in [9.17, 15) is 24.9 Å². The van der Waals surface area contributed by atoms with Gasteiger partial charge in [0.25, 0.3) is 0 Å². The maximum atomic E-state index is 12.9. The summed E-state index contributed by atoms with van der Waals surface area (Å²) < 4.78 is 10.8. The monoisotopic (exact) mass is 478 g/mol. The Morgan fingerprint density at radius 3 is 2.71 bits per heavy atom. The van der Waals surface area contributed by atoms with E-state index >= 15 is 0 Å². The highest BCUT2D eigenvalue weighted by atomic mass is 16.5. The molecule has 0 aliphatic carbocycles.